The largest absolute Gasteiger partial charge is 0.390 e. The molecule has 0 aliphatic heterocycles. The fourth-order valence-corrected chi connectivity index (χ4v) is 1.77. The van der Waals surface area contributed by atoms with Crippen molar-refractivity contribution >= 4 is 22.4 Å². The third-order valence-corrected chi connectivity index (χ3v) is 2.93. The molecule has 0 unspecified atom stereocenters. The second-order valence-corrected chi connectivity index (χ2v) is 3.37. The summed E-state index contributed by atoms with van der Waals surface area (Å²) >= 11 is 1.60. The predicted molar refractivity (Wildman–Crippen MR) is 48.3 cm³/mol. The molecule has 0 saturated heterocycles. The van der Waals surface area contributed by atoms with Crippen LogP contribution in [0.5, 0.6) is 0 Å². The number of nitrogens with two attached hydrogens (primary N) is 1. The van der Waals surface area contributed by atoms with E-state index in [-0.39, 0.29) is 0 Å². The zero-order valence-corrected chi connectivity index (χ0v) is 7.09. The Balaban J connectivity index is 3.30. The molecule has 0 aliphatic rings. The molecule has 0 spiro atoms. The van der Waals surface area contributed by atoms with E-state index >= 15 is 0 Å². The predicted octanol–water partition coefficient (Wildman–Crippen LogP) is 2.59. The Morgan fingerprint density at radius 3 is 2.20 bits per heavy atom. The number of thiophene rings is 1. The molecule has 0 fully saturated rings. The first-order chi connectivity index (χ1) is 4.66. The lowest BCUT2D eigenvalue weighted by Crippen LogP contribution is -1.81. The van der Waals surface area contributed by atoms with E-state index in [9.17, 15) is 0 Å². The van der Waals surface area contributed by atoms with Gasteiger partial charge in [-0.2, -0.15) is 0 Å². The molecule has 0 bridgehead atoms. The summed E-state index contributed by atoms with van der Waals surface area (Å²) in [6.07, 6.45) is 1.85. The van der Waals surface area contributed by atoms with Gasteiger partial charge in [0.1, 0.15) is 0 Å². The van der Waals surface area contributed by atoms with Crippen LogP contribution in [0.15, 0.2) is 6.58 Å². The van der Waals surface area contributed by atoms with Gasteiger partial charge in [0, 0.05) is 4.88 Å². The van der Waals surface area contributed by atoms with Crippen molar-refractivity contribution in [2.24, 2.45) is 0 Å². The topological polar surface area (TPSA) is 26.0 Å². The van der Waals surface area contributed by atoms with Gasteiger partial charge in [0.25, 0.3) is 0 Å². The van der Waals surface area contributed by atoms with Crippen molar-refractivity contribution in [2.45, 2.75) is 13.8 Å². The van der Waals surface area contributed by atoms with Crippen LogP contribution >= 0.6 is 11.3 Å². The number of anilines is 1. The zero-order valence-electron chi connectivity index (χ0n) is 6.27. The average molecular weight is 153 g/mol. The van der Waals surface area contributed by atoms with Gasteiger partial charge >= 0.3 is 0 Å². The van der Waals surface area contributed by atoms with Gasteiger partial charge in [-0.3, -0.25) is 0 Å². The second-order valence-electron chi connectivity index (χ2n) is 2.28. The van der Waals surface area contributed by atoms with E-state index in [2.05, 4.69) is 13.5 Å². The van der Waals surface area contributed by atoms with Crippen molar-refractivity contribution in [3.05, 3.63) is 22.6 Å². The van der Waals surface area contributed by atoms with Crippen LogP contribution in [0.2, 0.25) is 0 Å². The van der Waals surface area contributed by atoms with E-state index in [0.717, 1.165) is 5.00 Å². The molecule has 54 valence electrons. The lowest BCUT2D eigenvalue weighted by atomic mass is 10.2. The molecule has 1 nitrogen and oxygen atoms in total. The Hall–Kier alpha value is -0.760. The van der Waals surface area contributed by atoms with Crippen molar-refractivity contribution < 1.29 is 0 Å². The molecular formula is C8H11NS. The van der Waals surface area contributed by atoms with Crippen LogP contribution in [0.4, 0.5) is 5.00 Å². The molecule has 2 N–H and O–H groups in total. The molecule has 1 heterocycles. The minimum Gasteiger partial charge on any atom is -0.390 e. The quantitative estimate of drug-likeness (QED) is 0.659. The fourth-order valence-electron chi connectivity index (χ4n) is 0.836. The van der Waals surface area contributed by atoms with Crippen LogP contribution in [0, 0.1) is 13.8 Å². The zero-order chi connectivity index (χ0) is 7.72. The lowest BCUT2D eigenvalue weighted by Gasteiger charge is -1.89. The van der Waals surface area contributed by atoms with Crippen LogP contribution in [0.3, 0.4) is 0 Å². The molecule has 10 heavy (non-hydrogen) atoms. The van der Waals surface area contributed by atoms with Gasteiger partial charge in [-0.15, -0.1) is 11.3 Å². The third kappa shape index (κ3) is 0.948. The normalized spacial score (nSPS) is 9.80. The highest BCUT2D eigenvalue weighted by Crippen LogP contribution is 2.29. The molecular weight excluding hydrogens is 142 g/mol. The Labute approximate surface area is 65.2 Å². The van der Waals surface area contributed by atoms with E-state index in [0.29, 0.717) is 0 Å². The van der Waals surface area contributed by atoms with E-state index < -0.39 is 0 Å². The first-order valence-corrected chi connectivity index (χ1v) is 3.96. The van der Waals surface area contributed by atoms with Crippen LogP contribution in [0.25, 0.3) is 6.08 Å². The van der Waals surface area contributed by atoms with Crippen molar-refractivity contribution in [1.82, 2.24) is 0 Å². The summed E-state index contributed by atoms with van der Waals surface area (Å²) in [5.74, 6) is 0. The summed E-state index contributed by atoms with van der Waals surface area (Å²) in [6, 6.07) is 0. The maximum absolute atomic E-state index is 5.69. The number of hydrogen-bond acceptors (Lipinski definition) is 2. The second kappa shape index (κ2) is 2.46. The first kappa shape index (κ1) is 7.35. The van der Waals surface area contributed by atoms with Crippen molar-refractivity contribution in [2.75, 3.05) is 5.73 Å². The van der Waals surface area contributed by atoms with Gasteiger partial charge in [0.15, 0.2) is 0 Å². The van der Waals surface area contributed by atoms with E-state index in [4.69, 9.17) is 5.73 Å². The highest BCUT2D eigenvalue weighted by Gasteiger charge is 2.04. The van der Waals surface area contributed by atoms with Gasteiger partial charge in [0.05, 0.1) is 5.00 Å². The highest BCUT2D eigenvalue weighted by molar-refractivity contribution is 7.17. The van der Waals surface area contributed by atoms with Gasteiger partial charge in [-0.25, -0.2) is 0 Å². The highest BCUT2D eigenvalue weighted by atomic mass is 32.1. The van der Waals surface area contributed by atoms with Crippen molar-refractivity contribution in [3.63, 3.8) is 0 Å². The van der Waals surface area contributed by atoms with E-state index in [1.54, 1.807) is 11.3 Å². The Bertz CT molecular complexity index is 260. The number of nitrogen functional groups attached to an aromatic ring is 1. The van der Waals surface area contributed by atoms with Gasteiger partial charge < -0.3 is 5.73 Å². The fraction of sp³-hybridized carbons (Fsp3) is 0.250. The minimum atomic E-state index is 0.910. The molecule has 0 saturated carbocycles. The smallest absolute Gasteiger partial charge is 0.0895 e. The maximum atomic E-state index is 5.69. The van der Waals surface area contributed by atoms with Crippen LogP contribution in [0.1, 0.15) is 16.0 Å². The molecule has 0 radical (unpaired) electrons. The summed E-state index contributed by atoms with van der Waals surface area (Å²) in [7, 11) is 0. The van der Waals surface area contributed by atoms with E-state index in [1.165, 1.54) is 16.0 Å². The van der Waals surface area contributed by atoms with Crippen molar-refractivity contribution in [3.8, 4) is 0 Å². The molecule has 1 aromatic heterocycles. The molecule has 2 heteroatoms. The number of rotatable bonds is 1. The molecule has 1 rings (SSSR count). The summed E-state index contributed by atoms with van der Waals surface area (Å²) in [6.45, 7) is 7.81. The summed E-state index contributed by atoms with van der Waals surface area (Å²) in [5.41, 5.74) is 8.14. The van der Waals surface area contributed by atoms with Crippen LogP contribution in [-0.4, -0.2) is 0 Å². The van der Waals surface area contributed by atoms with Crippen molar-refractivity contribution in [1.29, 1.82) is 0 Å². The SMILES string of the molecule is C=Cc1sc(N)c(C)c1C. The first-order valence-electron chi connectivity index (χ1n) is 3.14. The Morgan fingerprint density at radius 2 is 2.00 bits per heavy atom. The molecule has 0 aromatic carbocycles. The monoisotopic (exact) mass is 153 g/mol. The van der Waals surface area contributed by atoms with Gasteiger partial charge in [0.2, 0.25) is 0 Å². The summed E-state index contributed by atoms with van der Waals surface area (Å²) in [4.78, 5) is 1.19. The third-order valence-electron chi connectivity index (χ3n) is 1.71. The average Bonchev–Trinajstić information content (AvgIpc) is 2.17. The summed E-state index contributed by atoms with van der Waals surface area (Å²) in [5, 5.41) is 0.910. The molecule has 1 aromatic rings. The summed E-state index contributed by atoms with van der Waals surface area (Å²) < 4.78 is 0. The Kier molecular flexibility index (Phi) is 1.81. The van der Waals surface area contributed by atoms with Gasteiger partial charge in [-0.05, 0) is 25.0 Å². The molecule has 0 amide bonds. The minimum absolute atomic E-state index is 0.910. The Morgan fingerprint density at radius 1 is 1.40 bits per heavy atom. The van der Waals surface area contributed by atoms with E-state index in [1.807, 2.05) is 13.0 Å². The molecule has 0 atom stereocenters. The van der Waals surface area contributed by atoms with Crippen LogP contribution in [-0.2, 0) is 0 Å². The lowest BCUT2D eigenvalue weighted by molar-refractivity contribution is 1.40. The standard InChI is InChI=1S/C8H11NS/c1-4-7-5(2)6(3)8(9)10-7/h4H,1,9H2,2-3H3. The van der Waals surface area contributed by atoms with Crippen LogP contribution < -0.4 is 5.73 Å². The number of hydrogen-bond donors (Lipinski definition) is 1. The molecule has 0 aliphatic carbocycles. The van der Waals surface area contributed by atoms with Gasteiger partial charge in [-0.1, -0.05) is 12.7 Å². The maximum Gasteiger partial charge on any atom is 0.0895 e.